The lowest BCUT2D eigenvalue weighted by Crippen LogP contribution is -2.38. The highest BCUT2D eigenvalue weighted by Gasteiger charge is 2.23. The van der Waals surface area contributed by atoms with Crippen LogP contribution >= 0.6 is 23.1 Å². The number of benzene rings is 2. The summed E-state index contributed by atoms with van der Waals surface area (Å²) < 4.78 is 34.5. The summed E-state index contributed by atoms with van der Waals surface area (Å²) in [5.41, 5.74) is 2.04. The van der Waals surface area contributed by atoms with Gasteiger partial charge in [-0.05, 0) is 18.2 Å². The van der Waals surface area contributed by atoms with Gasteiger partial charge in [-0.15, -0.1) is 0 Å². The zero-order valence-corrected chi connectivity index (χ0v) is 15.5. The number of aromatic nitrogens is 1. The minimum atomic E-state index is -4.01. The van der Waals surface area contributed by atoms with E-state index in [9.17, 15) is 8.42 Å². The summed E-state index contributed by atoms with van der Waals surface area (Å²) in [6, 6.07) is 15.9. The van der Waals surface area contributed by atoms with E-state index in [0.717, 1.165) is 25.9 Å². The fourth-order valence-corrected chi connectivity index (χ4v) is 5.27. The van der Waals surface area contributed by atoms with Gasteiger partial charge in [-0.2, -0.15) is 13.0 Å². The molecule has 0 amide bonds. The number of hydrogen-bond acceptors (Lipinski definition) is 5. The van der Waals surface area contributed by atoms with Gasteiger partial charge in [0.15, 0.2) is 6.54 Å². The van der Waals surface area contributed by atoms with Crippen LogP contribution in [0.2, 0.25) is 0 Å². The number of rotatable bonds is 4. The van der Waals surface area contributed by atoms with Gasteiger partial charge in [0.1, 0.15) is 10.5 Å². The number of anilines is 1. The lowest BCUT2D eigenvalue weighted by Gasteiger charge is -1.98. The maximum absolute atomic E-state index is 11.2. The Labute approximate surface area is 153 Å². The van der Waals surface area contributed by atoms with Crippen molar-refractivity contribution in [3.63, 3.8) is 0 Å². The smallest absolute Gasteiger partial charge is 0.271 e. The molecular weight excluding hydrogens is 376 g/mol. The molecule has 0 unspecified atom stereocenters. The molecule has 8 heteroatoms. The van der Waals surface area contributed by atoms with Gasteiger partial charge in [0.25, 0.3) is 15.1 Å². The van der Waals surface area contributed by atoms with Gasteiger partial charge in [0.05, 0.1) is 16.8 Å². The Hall–Kier alpha value is -1.87. The van der Waals surface area contributed by atoms with Crippen molar-refractivity contribution in [2.45, 2.75) is 11.4 Å². The Kier molecular flexibility index (Phi) is 4.28. The number of thiazole rings is 1. The summed E-state index contributed by atoms with van der Waals surface area (Å²) in [5.74, 6) is -0.310. The molecule has 0 aliphatic carbocycles. The molecule has 0 bridgehead atoms. The molecule has 2 aromatic carbocycles. The second-order valence-electron chi connectivity index (χ2n) is 5.58. The maximum atomic E-state index is 11.2. The molecule has 0 radical (unpaired) electrons. The molecule has 4 rings (SSSR count). The summed E-state index contributed by atoms with van der Waals surface area (Å²) in [5, 5.41) is 5.31. The molecule has 0 atom stereocenters. The van der Waals surface area contributed by atoms with Crippen LogP contribution in [0.1, 0.15) is 5.01 Å². The van der Waals surface area contributed by atoms with Crippen molar-refractivity contribution in [1.29, 1.82) is 0 Å². The van der Waals surface area contributed by atoms with Gasteiger partial charge in [-0.3, -0.25) is 4.55 Å². The lowest BCUT2D eigenvalue weighted by atomic mass is 10.3. The summed E-state index contributed by atoms with van der Waals surface area (Å²) in [4.78, 5) is 1.17. The molecule has 5 nitrogen and oxygen atoms in total. The SMILES string of the molecule is O=S(=O)(O)CC[n+]1c(C=C2Nc3ccccc3S2)sc2ccccc21. The average molecular weight is 392 g/mol. The van der Waals surface area contributed by atoms with Crippen molar-refractivity contribution < 1.29 is 17.5 Å². The Morgan fingerprint density at radius 3 is 2.68 bits per heavy atom. The molecule has 128 valence electrons. The van der Waals surface area contributed by atoms with Crippen molar-refractivity contribution in [3.05, 3.63) is 58.6 Å². The van der Waals surface area contributed by atoms with Gasteiger partial charge < -0.3 is 5.32 Å². The summed E-state index contributed by atoms with van der Waals surface area (Å²) in [6.07, 6.45) is 2.03. The Morgan fingerprint density at radius 2 is 1.88 bits per heavy atom. The topological polar surface area (TPSA) is 70.3 Å². The first-order chi connectivity index (χ1) is 12.0. The molecule has 1 aliphatic rings. The number of fused-ring (bicyclic) bond motifs is 2. The number of aryl methyl sites for hydroxylation is 1. The fraction of sp³-hybridized carbons (Fsp3) is 0.118. The van der Waals surface area contributed by atoms with Crippen LogP contribution in [0.5, 0.6) is 0 Å². The minimum Gasteiger partial charge on any atom is -0.349 e. The molecule has 2 N–H and O–H groups in total. The van der Waals surface area contributed by atoms with Crippen LogP contribution in [-0.4, -0.2) is 18.7 Å². The zero-order valence-electron chi connectivity index (χ0n) is 13.0. The van der Waals surface area contributed by atoms with Crippen molar-refractivity contribution >= 4 is 55.2 Å². The van der Waals surface area contributed by atoms with Crippen LogP contribution in [0.4, 0.5) is 5.69 Å². The monoisotopic (exact) mass is 391 g/mol. The molecule has 3 aromatic rings. The molecule has 2 heterocycles. The van der Waals surface area contributed by atoms with E-state index in [-0.39, 0.29) is 12.3 Å². The Bertz CT molecular complexity index is 1060. The van der Waals surface area contributed by atoms with Gasteiger partial charge in [-0.25, -0.2) is 0 Å². The first-order valence-corrected chi connectivity index (χ1v) is 10.9. The molecule has 1 aliphatic heterocycles. The van der Waals surface area contributed by atoms with Crippen LogP contribution in [-0.2, 0) is 16.7 Å². The normalized spacial score (nSPS) is 15.5. The summed E-state index contributed by atoms with van der Waals surface area (Å²) in [6.45, 7) is 0.208. The van der Waals surface area contributed by atoms with Gasteiger partial charge in [-0.1, -0.05) is 47.4 Å². The average Bonchev–Trinajstić information content (AvgIpc) is 3.12. The molecule has 25 heavy (non-hydrogen) atoms. The number of hydrogen-bond donors (Lipinski definition) is 2. The zero-order chi connectivity index (χ0) is 17.4. The first kappa shape index (κ1) is 16.6. The molecule has 0 fully saturated rings. The minimum absolute atomic E-state index is 0.208. The van der Waals surface area contributed by atoms with Gasteiger partial charge >= 0.3 is 0 Å². The highest BCUT2D eigenvalue weighted by atomic mass is 32.2. The third-order valence-corrected chi connectivity index (χ3v) is 6.66. The number of thioether (sulfide) groups is 1. The van der Waals surface area contributed by atoms with E-state index < -0.39 is 10.1 Å². The van der Waals surface area contributed by atoms with Crippen LogP contribution in [0.3, 0.4) is 0 Å². The van der Waals surface area contributed by atoms with Crippen LogP contribution in [0.25, 0.3) is 16.3 Å². The van der Waals surface area contributed by atoms with E-state index in [4.69, 9.17) is 4.55 Å². The van der Waals surface area contributed by atoms with Crippen molar-refractivity contribution in [2.75, 3.05) is 11.1 Å². The second-order valence-corrected chi connectivity index (χ2v) is 9.30. The highest BCUT2D eigenvalue weighted by molar-refractivity contribution is 8.03. The predicted octanol–water partition coefficient (Wildman–Crippen LogP) is 3.59. The number of para-hydroxylation sites is 2. The fourth-order valence-electron chi connectivity index (χ4n) is 2.71. The molecule has 0 saturated carbocycles. The van der Waals surface area contributed by atoms with Gasteiger partial charge in [0.2, 0.25) is 5.52 Å². The van der Waals surface area contributed by atoms with Crippen molar-refractivity contribution in [3.8, 4) is 0 Å². The first-order valence-electron chi connectivity index (χ1n) is 7.62. The van der Waals surface area contributed by atoms with Crippen LogP contribution < -0.4 is 9.88 Å². The maximum Gasteiger partial charge on any atom is 0.271 e. The van der Waals surface area contributed by atoms with Crippen LogP contribution in [0, 0.1) is 0 Å². The summed E-state index contributed by atoms with van der Waals surface area (Å²) >= 11 is 3.25. The second kappa shape index (κ2) is 6.45. The van der Waals surface area contributed by atoms with Crippen molar-refractivity contribution in [2.24, 2.45) is 0 Å². The highest BCUT2D eigenvalue weighted by Crippen LogP contribution is 2.41. The van der Waals surface area contributed by atoms with Gasteiger partial charge in [0, 0.05) is 11.0 Å². The summed E-state index contributed by atoms with van der Waals surface area (Å²) in [7, 11) is -4.01. The molecule has 0 spiro atoms. The molecular formula is C17H15N2O3S3+. The van der Waals surface area contributed by atoms with Crippen molar-refractivity contribution in [1.82, 2.24) is 0 Å². The number of nitrogens with one attached hydrogen (secondary N) is 1. The quantitative estimate of drug-likeness (QED) is 0.525. The number of nitrogens with zero attached hydrogens (tertiary/aromatic N) is 1. The predicted molar refractivity (Wildman–Crippen MR) is 102 cm³/mol. The lowest BCUT2D eigenvalue weighted by molar-refractivity contribution is -0.664. The van der Waals surface area contributed by atoms with E-state index >= 15 is 0 Å². The molecule has 0 saturated heterocycles. The van der Waals surface area contributed by atoms with Crippen LogP contribution in [0.15, 0.2) is 58.5 Å². The standard InChI is InChI=1S/C17H14N2O3S3/c20-25(21,22)10-9-19-13-6-2-4-8-15(13)24-17(19)11-16-18-12-5-1-3-7-14(12)23-16/h1-8,11H,9-10H2,(H,20,21,22)/p+1. The van der Waals surface area contributed by atoms with E-state index in [2.05, 4.69) is 11.4 Å². The Balaban J connectivity index is 1.73. The molecule has 1 aromatic heterocycles. The van der Waals surface area contributed by atoms with E-state index in [1.54, 1.807) is 23.1 Å². The third kappa shape index (κ3) is 3.57. The Morgan fingerprint density at radius 1 is 1.12 bits per heavy atom. The van der Waals surface area contributed by atoms with E-state index in [1.807, 2.05) is 53.1 Å². The van der Waals surface area contributed by atoms with E-state index in [1.165, 1.54) is 4.90 Å². The largest absolute Gasteiger partial charge is 0.349 e. The third-order valence-electron chi connectivity index (χ3n) is 3.83. The van der Waals surface area contributed by atoms with E-state index in [0.29, 0.717) is 0 Å².